The molecule has 0 aliphatic heterocycles. The van der Waals surface area contributed by atoms with E-state index in [1.807, 2.05) is 13.8 Å². The average Bonchev–Trinajstić information content (AvgIpc) is 2.92. The van der Waals surface area contributed by atoms with Gasteiger partial charge in [0.15, 0.2) is 11.6 Å². The Morgan fingerprint density at radius 3 is 2.64 bits per heavy atom. The summed E-state index contributed by atoms with van der Waals surface area (Å²) in [5, 5.41) is 31.8. The Morgan fingerprint density at radius 2 is 2.00 bits per heavy atom. The third kappa shape index (κ3) is 2.28. The predicted molar refractivity (Wildman–Crippen MR) is 100.0 cm³/mol. The lowest BCUT2D eigenvalue weighted by atomic mass is 9.45. The predicted octanol–water partition coefficient (Wildman–Crippen LogP) is 1.90. The summed E-state index contributed by atoms with van der Waals surface area (Å²) in [6, 6.07) is 0. The van der Waals surface area contributed by atoms with Crippen molar-refractivity contribution in [2.45, 2.75) is 57.7 Å². The largest absolute Gasteiger partial charge is 0.393 e. The summed E-state index contributed by atoms with van der Waals surface area (Å²) >= 11 is 0. The van der Waals surface area contributed by atoms with Gasteiger partial charge in [-0.15, -0.1) is 0 Å². The average molecular weight is 392 g/mol. The SMILES string of the molecule is C[C@]12C(CF)=CC(=O)C=C1CC[C@@H]1[C@@H]2[C@@H](O)C[C@@]2(C)[C@H]1CC[C@]2(O)C(=O)CO. The van der Waals surface area contributed by atoms with Crippen LogP contribution in [0.4, 0.5) is 4.39 Å². The zero-order valence-corrected chi connectivity index (χ0v) is 16.4. The van der Waals surface area contributed by atoms with Gasteiger partial charge in [0.2, 0.25) is 0 Å². The molecule has 4 rings (SSSR count). The van der Waals surface area contributed by atoms with Gasteiger partial charge >= 0.3 is 0 Å². The second-order valence-corrected chi connectivity index (χ2v) is 9.58. The van der Waals surface area contributed by atoms with E-state index >= 15 is 0 Å². The molecule has 0 heterocycles. The Morgan fingerprint density at radius 1 is 1.29 bits per heavy atom. The zero-order chi connectivity index (χ0) is 20.5. The van der Waals surface area contributed by atoms with Crippen molar-refractivity contribution in [2.24, 2.45) is 28.6 Å². The molecule has 0 saturated heterocycles. The second-order valence-electron chi connectivity index (χ2n) is 9.58. The van der Waals surface area contributed by atoms with Gasteiger partial charge in [0.05, 0.1) is 6.10 Å². The van der Waals surface area contributed by atoms with Crippen molar-refractivity contribution in [2.75, 3.05) is 13.3 Å². The number of Topliss-reactive ketones (excluding diaryl/α,β-unsaturated/α-hetero) is 1. The minimum absolute atomic E-state index is 0.00161. The van der Waals surface area contributed by atoms with E-state index in [4.69, 9.17) is 0 Å². The number of rotatable bonds is 3. The van der Waals surface area contributed by atoms with Crippen LogP contribution in [0.2, 0.25) is 0 Å². The lowest BCUT2D eigenvalue weighted by molar-refractivity contribution is -0.179. The van der Waals surface area contributed by atoms with E-state index < -0.39 is 41.6 Å². The molecule has 3 fully saturated rings. The van der Waals surface area contributed by atoms with Crippen LogP contribution in [0, 0.1) is 28.6 Å². The minimum atomic E-state index is -1.64. The summed E-state index contributed by atoms with van der Waals surface area (Å²) in [6.45, 7) is 2.33. The van der Waals surface area contributed by atoms with Gasteiger partial charge in [0.1, 0.15) is 18.9 Å². The van der Waals surface area contributed by atoms with Gasteiger partial charge in [-0.3, -0.25) is 9.59 Å². The molecule has 0 aromatic carbocycles. The Labute approximate surface area is 164 Å². The number of fused-ring (bicyclic) bond motifs is 5. The molecule has 6 heteroatoms. The summed E-state index contributed by atoms with van der Waals surface area (Å²) in [6.07, 6.45) is 4.63. The fourth-order valence-electron chi connectivity index (χ4n) is 7.31. The van der Waals surface area contributed by atoms with Crippen LogP contribution in [-0.2, 0) is 9.59 Å². The van der Waals surface area contributed by atoms with Gasteiger partial charge in [0, 0.05) is 16.7 Å². The van der Waals surface area contributed by atoms with Crippen molar-refractivity contribution in [3.63, 3.8) is 0 Å². The smallest absolute Gasteiger partial charge is 0.190 e. The summed E-state index contributed by atoms with van der Waals surface area (Å²) in [5.41, 5.74) is -1.87. The van der Waals surface area contributed by atoms with Gasteiger partial charge in [0.25, 0.3) is 0 Å². The second kappa shape index (κ2) is 6.31. The molecule has 3 N–H and O–H groups in total. The molecule has 0 spiro atoms. The number of ketones is 2. The van der Waals surface area contributed by atoms with Gasteiger partial charge in [-0.1, -0.05) is 19.4 Å². The third-order valence-electron chi connectivity index (χ3n) is 8.74. The number of carbonyl (C=O) groups is 2. The van der Waals surface area contributed by atoms with Crippen LogP contribution in [0.25, 0.3) is 0 Å². The summed E-state index contributed by atoms with van der Waals surface area (Å²) in [5.74, 6) is -1.03. The van der Waals surface area contributed by atoms with Gasteiger partial charge < -0.3 is 15.3 Å². The normalized spacial score (nSPS) is 47.6. The van der Waals surface area contributed by atoms with E-state index in [0.29, 0.717) is 18.4 Å². The maximum atomic E-state index is 13.9. The fraction of sp³-hybridized carbons (Fsp3) is 0.727. The molecule has 0 amide bonds. The molecular formula is C22H29FO5. The first-order valence-corrected chi connectivity index (χ1v) is 10.2. The lowest BCUT2D eigenvalue weighted by Gasteiger charge is -2.60. The number of halogens is 1. The first kappa shape index (κ1) is 19.9. The number of carbonyl (C=O) groups excluding carboxylic acids is 2. The molecule has 0 radical (unpaired) electrons. The highest BCUT2D eigenvalue weighted by Crippen LogP contribution is 2.68. The van der Waals surface area contributed by atoms with Crippen LogP contribution in [0.3, 0.4) is 0 Å². The molecule has 0 unspecified atom stereocenters. The molecule has 5 nitrogen and oxygen atoms in total. The highest BCUT2D eigenvalue weighted by Gasteiger charge is 2.68. The van der Waals surface area contributed by atoms with E-state index in [-0.39, 0.29) is 36.4 Å². The Hall–Kier alpha value is -1.37. The van der Waals surface area contributed by atoms with Crippen LogP contribution >= 0.6 is 0 Å². The van der Waals surface area contributed by atoms with Gasteiger partial charge in [-0.2, -0.15) is 0 Å². The van der Waals surface area contributed by atoms with Crippen molar-refractivity contribution >= 4 is 11.6 Å². The number of allylic oxidation sites excluding steroid dienone is 4. The van der Waals surface area contributed by atoms with E-state index in [1.54, 1.807) is 6.08 Å². The van der Waals surface area contributed by atoms with Crippen molar-refractivity contribution < 1.29 is 29.3 Å². The van der Waals surface area contributed by atoms with Gasteiger partial charge in [-0.05, 0) is 61.7 Å². The molecule has 0 bridgehead atoms. The van der Waals surface area contributed by atoms with Crippen molar-refractivity contribution in [1.82, 2.24) is 0 Å². The first-order valence-electron chi connectivity index (χ1n) is 10.2. The highest BCUT2D eigenvalue weighted by molar-refractivity contribution is 6.02. The summed E-state index contributed by atoms with van der Waals surface area (Å²) in [7, 11) is 0. The Kier molecular flexibility index (Phi) is 4.49. The lowest BCUT2D eigenvalue weighted by Crippen LogP contribution is -2.62. The van der Waals surface area contributed by atoms with E-state index in [0.717, 1.165) is 12.0 Å². The first-order chi connectivity index (χ1) is 13.1. The number of hydrogen-bond acceptors (Lipinski definition) is 5. The molecule has 28 heavy (non-hydrogen) atoms. The monoisotopic (exact) mass is 392 g/mol. The number of hydrogen-bond donors (Lipinski definition) is 3. The fourth-order valence-corrected chi connectivity index (χ4v) is 7.31. The van der Waals surface area contributed by atoms with Crippen molar-refractivity contribution in [1.29, 1.82) is 0 Å². The van der Waals surface area contributed by atoms with Crippen LogP contribution in [0.15, 0.2) is 23.3 Å². The van der Waals surface area contributed by atoms with Crippen LogP contribution in [-0.4, -0.2) is 51.9 Å². The molecule has 0 aromatic rings. The zero-order valence-electron chi connectivity index (χ0n) is 16.4. The molecule has 154 valence electrons. The van der Waals surface area contributed by atoms with E-state index in [1.165, 1.54) is 6.08 Å². The summed E-state index contributed by atoms with van der Waals surface area (Å²) < 4.78 is 13.9. The van der Waals surface area contributed by atoms with Crippen LogP contribution in [0.1, 0.15) is 46.0 Å². The molecule has 3 saturated carbocycles. The van der Waals surface area contributed by atoms with Gasteiger partial charge in [-0.25, -0.2) is 4.39 Å². The highest BCUT2D eigenvalue weighted by atomic mass is 19.1. The van der Waals surface area contributed by atoms with E-state index in [2.05, 4.69) is 0 Å². The molecule has 4 aliphatic rings. The Balaban J connectivity index is 1.78. The summed E-state index contributed by atoms with van der Waals surface area (Å²) in [4.78, 5) is 24.4. The molecule has 4 aliphatic carbocycles. The quantitative estimate of drug-likeness (QED) is 0.682. The van der Waals surface area contributed by atoms with Crippen LogP contribution < -0.4 is 0 Å². The van der Waals surface area contributed by atoms with Crippen molar-refractivity contribution in [3.05, 3.63) is 23.3 Å². The Bertz CT molecular complexity index is 770. The third-order valence-corrected chi connectivity index (χ3v) is 8.74. The topological polar surface area (TPSA) is 94.8 Å². The molecule has 0 aromatic heterocycles. The van der Waals surface area contributed by atoms with E-state index in [9.17, 15) is 29.3 Å². The standard InChI is InChI=1S/C22H29FO5/c1-20-9-17(26)19-15(16(20)5-6-22(20,28)18(27)11-24)4-3-12-7-14(25)8-13(10-23)21(12,19)2/h7-8,15-17,19,24,26,28H,3-6,9-11H2,1-2H3/t15-,16-,17-,19+,20-,21+,22-/m0/s1. The molecule has 7 atom stereocenters. The number of aliphatic hydroxyl groups is 3. The maximum Gasteiger partial charge on any atom is 0.190 e. The minimum Gasteiger partial charge on any atom is -0.393 e. The number of alkyl halides is 1. The van der Waals surface area contributed by atoms with Crippen molar-refractivity contribution in [3.8, 4) is 0 Å². The van der Waals surface area contributed by atoms with Crippen LogP contribution in [0.5, 0.6) is 0 Å². The number of aliphatic hydroxyl groups excluding tert-OH is 2. The molecular weight excluding hydrogens is 363 g/mol. The maximum absolute atomic E-state index is 13.9.